The summed E-state index contributed by atoms with van der Waals surface area (Å²) in [6.45, 7) is 1.71. The number of hydrogen-bond donors (Lipinski definition) is 2. The molecule has 3 aromatic rings. The lowest BCUT2D eigenvalue weighted by molar-refractivity contribution is -0.0583. The minimum absolute atomic E-state index is 0.000215. The van der Waals surface area contributed by atoms with Gasteiger partial charge in [0.2, 0.25) is 0 Å². The Balaban J connectivity index is 1.54. The van der Waals surface area contributed by atoms with Crippen molar-refractivity contribution in [3.63, 3.8) is 0 Å². The Bertz CT molecular complexity index is 1170. The predicted octanol–water partition coefficient (Wildman–Crippen LogP) is 4.01. The molecular formula is C23H17N3O5. The van der Waals surface area contributed by atoms with Crippen LogP contribution in [0.2, 0.25) is 0 Å². The zero-order valence-electron chi connectivity index (χ0n) is 16.4. The maximum atomic E-state index is 12.8. The zero-order valence-corrected chi connectivity index (χ0v) is 16.4. The van der Waals surface area contributed by atoms with Gasteiger partial charge in [-0.05, 0) is 42.8 Å². The van der Waals surface area contributed by atoms with Crippen LogP contribution < -0.4 is 10.6 Å². The van der Waals surface area contributed by atoms with Crippen molar-refractivity contribution >= 4 is 35.2 Å². The number of rotatable bonds is 4. The summed E-state index contributed by atoms with van der Waals surface area (Å²) in [6, 6.07) is 19.2. The van der Waals surface area contributed by atoms with Crippen molar-refractivity contribution in [2.24, 2.45) is 0 Å². The number of nitrogens with one attached hydrogen (secondary N) is 2. The summed E-state index contributed by atoms with van der Waals surface area (Å²) in [5.74, 6) is -2.40. The molecule has 1 heterocycles. The molecule has 0 bridgehead atoms. The van der Waals surface area contributed by atoms with Crippen molar-refractivity contribution in [1.82, 2.24) is 5.06 Å². The molecule has 0 radical (unpaired) electrons. The molecule has 8 nitrogen and oxygen atoms in total. The van der Waals surface area contributed by atoms with E-state index in [4.69, 9.17) is 4.84 Å². The van der Waals surface area contributed by atoms with Gasteiger partial charge in [0.05, 0.1) is 22.4 Å². The molecule has 31 heavy (non-hydrogen) atoms. The topological polar surface area (TPSA) is 105 Å². The Labute approximate surface area is 177 Å². The molecule has 0 aliphatic carbocycles. The molecular weight excluding hydrogens is 398 g/mol. The Hall–Kier alpha value is -4.46. The number of para-hydroxylation sites is 2. The number of hydroxylamine groups is 2. The summed E-state index contributed by atoms with van der Waals surface area (Å²) in [5, 5.41) is 5.73. The van der Waals surface area contributed by atoms with Crippen LogP contribution in [0.3, 0.4) is 0 Å². The van der Waals surface area contributed by atoms with E-state index in [-0.39, 0.29) is 22.4 Å². The van der Waals surface area contributed by atoms with Gasteiger partial charge < -0.3 is 15.5 Å². The highest BCUT2D eigenvalue weighted by Crippen LogP contribution is 2.26. The third-order valence-corrected chi connectivity index (χ3v) is 4.69. The Kier molecular flexibility index (Phi) is 5.19. The molecule has 2 N–H and O–H groups in total. The summed E-state index contributed by atoms with van der Waals surface area (Å²) >= 11 is 0. The first-order chi connectivity index (χ1) is 15.0. The molecule has 8 heteroatoms. The van der Waals surface area contributed by atoms with Crippen molar-refractivity contribution in [3.8, 4) is 0 Å². The van der Waals surface area contributed by atoms with E-state index < -0.39 is 23.8 Å². The standard InChI is InChI=1S/C23H17N3O5/c1-14-8-7-13-18(19(14)25-23(30)24-15-9-3-2-4-10-15)22(29)31-26-20(27)16-11-5-6-12-17(16)21(26)28/h2-13H,1H3,(H2,24,25,30). The first kappa shape index (κ1) is 19.8. The molecule has 0 spiro atoms. The van der Waals surface area contributed by atoms with Crippen LogP contribution in [0.25, 0.3) is 0 Å². The third-order valence-electron chi connectivity index (χ3n) is 4.69. The van der Waals surface area contributed by atoms with Crippen molar-refractivity contribution in [2.45, 2.75) is 6.92 Å². The summed E-state index contributed by atoms with van der Waals surface area (Å²) in [6.07, 6.45) is 0. The number of urea groups is 1. The Morgan fingerprint density at radius 3 is 2.03 bits per heavy atom. The fourth-order valence-electron chi connectivity index (χ4n) is 3.18. The van der Waals surface area contributed by atoms with Crippen molar-refractivity contribution in [2.75, 3.05) is 10.6 Å². The summed E-state index contributed by atoms with van der Waals surface area (Å²) in [7, 11) is 0. The average molecular weight is 415 g/mol. The summed E-state index contributed by atoms with van der Waals surface area (Å²) in [4.78, 5) is 55.3. The van der Waals surface area contributed by atoms with E-state index in [1.165, 1.54) is 18.2 Å². The van der Waals surface area contributed by atoms with E-state index in [0.29, 0.717) is 16.3 Å². The van der Waals surface area contributed by atoms with Gasteiger partial charge in [-0.25, -0.2) is 9.59 Å². The number of amides is 4. The lowest BCUT2D eigenvalue weighted by Gasteiger charge is -2.16. The Morgan fingerprint density at radius 2 is 1.39 bits per heavy atom. The highest BCUT2D eigenvalue weighted by Gasteiger charge is 2.39. The van der Waals surface area contributed by atoms with Crippen LogP contribution in [0.1, 0.15) is 36.6 Å². The smallest absolute Gasteiger partial charge is 0.324 e. The van der Waals surface area contributed by atoms with Crippen LogP contribution in [0.15, 0.2) is 72.8 Å². The van der Waals surface area contributed by atoms with Crippen molar-refractivity contribution < 1.29 is 24.0 Å². The maximum Gasteiger partial charge on any atom is 0.366 e. The van der Waals surface area contributed by atoms with Gasteiger partial charge in [0.15, 0.2) is 0 Å². The van der Waals surface area contributed by atoms with E-state index >= 15 is 0 Å². The number of anilines is 2. The molecule has 0 unspecified atom stereocenters. The van der Waals surface area contributed by atoms with E-state index in [1.54, 1.807) is 55.5 Å². The lowest BCUT2D eigenvalue weighted by atomic mass is 10.1. The fraction of sp³-hybridized carbons (Fsp3) is 0.0435. The van der Waals surface area contributed by atoms with E-state index in [9.17, 15) is 19.2 Å². The lowest BCUT2D eigenvalue weighted by Crippen LogP contribution is -2.33. The van der Waals surface area contributed by atoms with Crippen LogP contribution in [-0.2, 0) is 4.84 Å². The molecule has 1 aliphatic rings. The van der Waals surface area contributed by atoms with Crippen LogP contribution in [-0.4, -0.2) is 28.9 Å². The van der Waals surface area contributed by atoms with Gasteiger partial charge in [0, 0.05) is 5.69 Å². The second kappa shape index (κ2) is 8.11. The Morgan fingerprint density at radius 1 is 0.774 bits per heavy atom. The van der Waals surface area contributed by atoms with Gasteiger partial charge in [-0.1, -0.05) is 47.5 Å². The van der Waals surface area contributed by atoms with Gasteiger partial charge >= 0.3 is 12.0 Å². The molecule has 4 rings (SSSR count). The van der Waals surface area contributed by atoms with Crippen LogP contribution in [0.5, 0.6) is 0 Å². The van der Waals surface area contributed by atoms with Gasteiger partial charge in [0.1, 0.15) is 0 Å². The maximum absolute atomic E-state index is 12.8. The molecule has 1 aliphatic heterocycles. The molecule has 0 fully saturated rings. The summed E-state index contributed by atoms with van der Waals surface area (Å²) in [5.41, 5.74) is 1.69. The SMILES string of the molecule is Cc1cccc(C(=O)ON2C(=O)c3ccccc3C2=O)c1NC(=O)Nc1ccccc1. The monoisotopic (exact) mass is 415 g/mol. The number of carbonyl (C=O) groups is 4. The number of carbonyl (C=O) groups excluding carboxylic acids is 4. The van der Waals surface area contributed by atoms with Gasteiger partial charge in [0.25, 0.3) is 11.8 Å². The fourth-order valence-corrected chi connectivity index (χ4v) is 3.18. The second-order valence-electron chi connectivity index (χ2n) is 6.77. The largest absolute Gasteiger partial charge is 0.366 e. The van der Waals surface area contributed by atoms with Gasteiger partial charge in [-0.15, -0.1) is 0 Å². The zero-order chi connectivity index (χ0) is 22.0. The molecule has 0 saturated carbocycles. The number of fused-ring (bicyclic) bond motifs is 1. The molecule has 0 saturated heterocycles. The van der Waals surface area contributed by atoms with Crippen molar-refractivity contribution in [3.05, 3.63) is 95.1 Å². The second-order valence-corrected chi connectivity index (χ2v) is 6.77. The van der Waals surface area contributed by atoms with Crippen LogP contribution in [0, 0.1) is 6.92 Å². The van der Waals surface area contributed by atoms with Crippen molar-refractivity contribution in [1.29, 1.82) is 0 Å². The molecule has 0 atom stereocenters. The molecule has 154 valence electrons. The van der Waals surface area contributed by atoms with Crippen LogP contribution >= 0.6 is 0 Å². The highest BCUT2D eigenvalue weighted by atomic mass is 16.7. The third kappa shape index (κ3) is 3.86. The molecule has 3 aromatic carbocycles. The number of nitrogens with zero attached hydrogens (tertiary/aromatic N) is 1. The molecule has 4 amide bonds. The van der Waals surface area contributed by atoms with Gasteiger partial charge in [-0.2, -0.15) is 0 Å². The minimum Gasteiger partial charge on any atom is -0.324 e. The predicted molar refractivity (Wildman–Crippen MR) is 113 cm³/mol. The normalized spacial score (nSPS) is 12.4. The number of benzene rings is 3. The van der Waals surface area contributed by atoms with E-state index in [2.05, 4.69) is 10.6 Å². The minimum atomic E-state index is -0.951. The first-order valence-corrected chi connectivity index (χ1v) is 9.38. The highest BCUT2D eigenvalue weighted by molar-refractivity contribution is 6.21. The molecule has 0 aromatic heterocycles. The first-order valence-electron chi connectivity index (χ1n) is 9.38. The van der Waals surface area contributed by atoms with Crippen LogP contribution in [0.4, 0.5) is 16.2 Å². The quantitative estimate of drug-likeness (QED) is 0.627. The van der Waals surface area contributed by atoms with E-state index in [1.807, 2.05) is 6.07 Å². The van der Waals surface area contributed by atoms with E-state index in [0.717, 1.165) is 0 Å². The number of imide groups is 1. The number of hydrogen-bond acceptors (Lipinski definition) is 5. The van der Waals surface area contributed by atoms with Gasteiger partial charge in [-0.3, -0.25) is 9.59 Å². The number of aryl methyl sites for hydroxylation is 1. The average Bonchev–Trinajstić information content (AvgIpc) is 3.01. The summed E-state index contributed by atoms with van der Waals surface area (Å²) < 4.78 is 0.